The molecule has 0 bridgehead atoms. The van der Waals surface area contributed by atoms with Crippen LogP contribution >= 0.6 is 12.2 Å². The molecule has 2 aromatic rings. The number of nitrogens with one attached hydrogen (secondary N) is 1. The van der Waals surface area contributed by atoms with Gasteiger partial charge in [0.25, 0.3) is 0 Å². The minimum Gasteiger partial charge on any atom is -0.406 e. The predicted octanol–water partition coefficient (Wildman–Crippen LogP) is 5.03. The molecule has 0 fully saturated rings. The van der Waals surface area contributed by atoms with Crippen LogP contribution in [0.1, 0.15) is 16.7 Å². The van der Waals surface area contributed by atoms with Gasteiger partial charge in [0.1, 0.15) is 5.75 Å². The molecule has 0 heterocycles. The third-order valence-corrected chi connectivity index (χ3v) is 4.01. The van der Waals surface area contributed by atoms with E-state index in [0.29, 0.717) is 17.3 Å². The number of rotatable bonds is 4. The van der Waals surface area contributed by atoms with Crippen LogP contribution in [0.4, 0.5) is 18.9 Å². The molecule has 1 N–H and O–H groups in total. The SMILES string of the molecule is Cc1ccc(CN(C)C(=S)Nc2ccc(OC(F)(F)F)cc2)c(C)c1. The highest BCUT2D eigenvalue weighted by atomic mass is 32.1. The van der Waals surface area contributed by atoms with Crippen molar-refractivity contribution in [1.82, 2.24) is 4.90 Å². The minimum absolute atomic E-state index is 0.271. The van der Waals surface area contributed by atoms with Gasteiger partial charge in [-0.3, -0.25) is 0 Å². The van der Waals surface area contributed by atoms with Gasteiger partial charge in [-0.25, -0.2) is 0 Å². The Hall–Kier alpha value is -2.28. The third-order valence-electron chi connectivity index (χ3n) is 3.59. The standard InChI is InChI=1S/C18H19F3N2OS/c1-12-4-5-14(13(2)10-12)11-23(3)17(25)22-15-6-8-16(9-7-15)24-18(19,20)21/h4-10H,11H2,1-3H3,(H,22,25). The molecule has 0 saturated carbocycles. The van der Waals surface area contributed by atoms with Crippen LogP contribution in [-0.2, 0) is 6.54 Å². The first kappa shape index (κ1) is 19.1. The Balaban J connectivity index is 1.96. The maximum atomic E-state index is 12.2. The zero-order valence-electron chi connectivity index (χ0n) is 14.1. The summed E-state index contributed by atoms with van der Waals surface area (Å²) in [7, 11) is 1.86. The largest absolute Gasteiger partial charge is 0.573 e. The Morgan fingerprint density at radius 2 is 1.76 bits per heavy atom. The number of thiocarbonyl (C=S) groups is 1. The first-order valence-corrected chi connectivity index (χ1v) is 7.99. The summed E-state index contributed by atoms with van der Waals surface area (Å²) in [5.74, 6) is -0.271. The number of anilines is 1. The number of hydrogen-bond donors (Lipinski definition) is 1. The van der Waals surface area contributed by atoms with Gasteiger partial charge in [0.05, 0.1) is 0 Å². The molecule has 0 aliphatic carbocycles. The molecular weight excluding hydrogens is 349 g/mol. The van der Waals surface area contributed by atoms with Crippen LogP contribution in [0.15, 0.2) is 42.5 Å². The Bertz CT molecular complexity index is 745. The lowest BCUT2D eigenvalue weighted by molar-refractivity contribution is -0.274. The summed E-state index contributed by atoms with van der Waals surface area (Å²) < 4.78 is 40.3. The molecular formula is C18H19F3N2OS. The number of hydrogen-bond acceptors (Lipinski definition) is 2. The van der Waals surface area contributed by atoms with E-state index in [4.69, 9.17) is 12.2 Å². The smallest absolute Gasteiger partial charge is 0.406 e. The number of benzene rings is 2. The zero-order chi connectivity index (χ0) is 18.6. The second-order valence-corrected chi connectivity index (χ2v) is 6.18. The summed E-state index contributed by atoms with van der Waals surface area (Å²) in [6.07, 6.45) is -4.70. The lowest BCUT2D eigenvalue weighted by Gasteiger charge is -2.22. The van der Waals surface area contributed by atoms with Crippen molar-refractivity contribution in [1.29, 1.82) is 0 Å². The molecule has 2 rings (SSSR count). The molecule has 0 saturated heterocycles. The highest BCUT2D eigenvalue weighted by molar-refractivity contribution is 7.80. The summed E-state index contributed by atoms with van der Waals surface area (Å²) >= 11 is 5.35. The fourth-order valence-electron chi connectivity index (χ4n) is 2.31. The lowest BCUT2D eigenvalue weighted by Crippen LogP contribution is -2.30. The zero-order valence-corrected chi connectivity index (χ0v) is 15.0. The van der Waals surface area contributed by atoms with E-state index < -0.39 is 6.36 Å². The summed E-state index contributed by atoms with van der Waals surface area (Å²) in [5.41, 5.74) is 4.13. The van der Waals surface area contributed by atoms with Gasteiger partial charge in [0, 0.05) is 19.3 Å². The van der Waals surface area contributed by atoms with Crippen molar-refractivity contribution in [2.75, 3.05) is 12.4 Å². The summed E-state index contributed by atoms with van der Waals surface area (Å²) in [6.45, 7) is 4.72. The lowest BCUT2D eigenvalue weighted by atomic mass is 10.1. The van der Waals surface area contributed by atoms with E-state index >= 15 is 0 Å². The molecule has 0 aliphatic heterocycles. The Labute approximate surface area is 150 Å². The van der Waals surface area contributed by atoms with Gasteiger partial charge in [-0.15, -0.1) is 13.2 Å². The Kier molecular flexibility index (Phi) is 5.89. The van der Waals surface area contributed by atoms with Crippen molar-refractivity contribution in [3.8, 4) is 5.75 Å². The molecule has 25 heavy (non-hydrogen) atoms. The molecule has 0 aliphatic rings. The number of aryl methyl sites for hydroxylation is 2. The molecule has 0 aromatic heterocycles. The van der Waals surface area contributed by atoms with Crippen molar-refractivity contribution in [3.05, 3.63) is 59.2 Å². The average molecular weight is 368 g/mol. The maximum absolute atomic E-state index is 12.2. The molecule has 0 spiro atoms. The Morgan fingerprint density at radius 1 is 1.12 bits per heavy atom. The molecule has 0 amide bonds. The second kappa shape index (κ2) is 7.74. The van der Waals surface area contributed by atoms with E-state index in [9.17, 15) is 13.2 Å². The molecule has 0 radical (unpaired) electrons. The number of ether oxygens (including phenoxy) is 1. The fourth-order valence-corrected chi connectivity index (χ4v) is 2.49. The number of alkyl halides is 3. The van der Waals surface area contributed by atoms with Crippen LogP contribution in [-0.4, -0.2) is 23.4 Å². The fraction of sp³-hybridized carbons (Fsp3) is 0.278. The monoisotopic (exact) mass is 368 g/mol. The highest BCUT2D eigenvalue weighted by Crippen LogP contribution is 2.24. The van der Waals surface area contributed by atoms with E-state index in [1.54, 1.807) is 0 Å². The highest BCUT2D eigenvalue weighted by Gasteiger charge is 2.30. The van der Waals surface area contributed by atoms with Gasteiger partial charge < -0.3 is 15.0 Å². The van der Waals surface area contributed by atoms with Gasteiger partial charge in [0.2, 0.25) is 0 Å². The first-order valence-electron chi connectivity index (χ1n) is 7.58. The normalized spacial score (nSPS) is 11.1. The summed E-state index contributed by atoms with van der Waals surface area (Å²) in [6, 6.07) is 11.7. The van der Waals surface area contributed by atoms with Gasteiger partial charge >= 0.3 is 6.36 Å². The molecule has 3 nitrogen and oxygen atoms in total. The maximum Gasteiger partial charge on any atom is 0.573 e. The molecule has 7 heteroatoms. The van der Waals surface area contributed by atoms with Gasteiger partial charge in [-0.1, -0.05) is 23.8 Å². The van der Waals surface area contributed by atoms with E-state index in [1.807, 2.05) is 31.9 Å². The van der Waals surface area contributed by atoms with E-state index in [1.165, 1.54) is 35.4 Å². The summed E-state index contributed by atoms with van der Waals surface area (Å²) in [4.78, 5) is 1.87. The molecule has 2 aromatic carbocycles. The molecule has 134 valence electrons. The van der Waals surface area contributed by atoms with Crippen molar-refractivity contribution < 1.29 is 17.9 Å². The van der Waals surface area contributed by atoms with Crippen LogP contribution in [0.3, 0.4) is 0 Å². The number of halogens is 3. The van der Waals surface area contributed by atoms with E-state index in [0.717, 1.165) is 5.56 Å². The van der Waals surface area contributed by atoms with Gasteiger partial charge in [-0.05, 0) is 61.5 Å². The third kappa shape index (κ3) is 5.94. The van der Waals surface area contributed by atoms with Crippen LogP contribution in [0.5, 0.6) is 5.75 Å². The second-order valence-electron chi connectivity index (χ2n) is 5.79. The summed E-state index contributed by atoms with van der Waals surface area (Å²) in [5, 5.41) is 3.48. The van der Waals surface area contributed by atoms with Crippen molar-refractivity contribution in [2.45, 2.75) is 26.8 Å². The van der Waals surface area contributed by atoms with Crippen LogP contribution in [0, 0.1) is 13.8 Å². The van der Waals surface area contributed by atoms with Crippen LogP contribution in [0.25, 0.3) is 0 Å². The topological polar surface area (TPSA) is 24.5 Å². The van der Waals surface area contributed by atoms with Crippen molar-refractivity contribution >= 4 is 23.0 Å². The van der Waals surface area contributed by atoms with Gasteiger partial charge in [-0.2, -0.15) is 0 Å². The van der Waals surface area contributed by atoms with Crippen molar-refractivity contribution in [3.63, 3.8) is 0 Å². The first-order chi connectivity index (χ1) is 11.6. The predicted molar refractivity (Wildman–Crippen MR) is 96.7 cm³/mol. The molecule has 0 unspecified atom stereocenters. The van der Waals surface area contributed by atoms with E-state index in [2.05, 4.69) is 22.2 Å². The quantitative estimate of drug-likeness (QED) is 0.765. The Morgan fingerprint density at radius 3 is 2.32 bits per heavy atom. The average Bonchev–Trinajstić information content (AvgIpc) is 2.50. The van der Waals surface area contributed by atoms with Crippen molar-refractivity contribution in [2.24, 2.45) is 0 Å². The number of nitrogens with zero attached hydrogens (tertiary/aromatic N) is 1. The van der Waals surface area contributed by atoms with Crippen LogP contribution in [0.2, 0.25) is 0 Å². The van der Waals surface area contributed by atoms with Gasteiger partial charge in [0.15, 0.2) is 5.11 Å². The van der Waals surface area contributed by atoms with Crippen LogP contribution < -0.4 is 10.1 Å². The van der Waals surface area contributed by atoms with E-state index in [-0.39, 0.29) is 5.75 Å². The molecule has 0 atom stereocenters. The minimum atomic E-state index is -4.70.